The number of thioether (sulfide) groups is 1. The van der Waals surface area contributed by atoms with E-state index in [1.807, 2.05) is 11.8 Å². The summed E-state index contributed by atoms with van der Waals surface area (Å²) >= 11 is 1.82. The second-order valence-corrected chi connectivity index (χ2v) is 5.89. The van der Waals surface area contributed by atoms with E-state index in [1.165, 1.54) is 16.8 Å². The largest absolute Gasteiger partial charge is 0.335 e. The van der Waals surface area contributed by atoms with Crippen LogP contribution in [-0.2, 0) is 0 Å². The van der Waals surface area contributed by atoms with E-state index in [-0.39, 0.29) is 5.54 Å². The summed E-state index contributed by atoms with van der Waals surface area (Å²) in [6, 6.07) is 6.34. The van der Waals surface area contributed by atoms with E-state index in [0.717, 1.165) is 17.3 Å². The fourth-order valence-corrected chi connectivity index (χ4v) is 2.96. The van der Waals surface area contributed by atoms with Gasteiger partial charge in [-0.05, 0) is 44.4 Å². The van der Waals surface area contributed by atoms with E-state index in [0.29, 0.717) is 0 Å². The lowest BCUT2D eigenvalue weighted by molar-refractivity contribution is 0.523. The predicted octanol–water partition coefficient (Wildman–Crippen LogP) is 3.99. The Labute approximate surface area is 108 Å². The van der Waals surface area contributed by atoms with E-state index in [4.69, 9.17) is 4.99 Å². The van der Waals surface area contributed by atoms with Gasteiger partial charge in [0.1, 0.15) is 0 Å². The molecule has 2 rings (SSSR count). The number of nitrogens with zero attached hydrogens (tertiary/aromatic N) is 1. The molecule has 17 heavy (non-hydrogen) atoms. The minimum atomic E-state index is 0.116. The molecule has 1 aromatic carbocycles. The number of aryl methyl sites for hydroxylation is 1. The minimum absolute atomic E-state index is 0.116. The number of hydrogen-bond donors (Lipinski definition) is 1. The molecule has 1 unspecified atom stereocenters. The van der Waals surface area contributed by atoms with Crippen molar-refractivity contribution in [1.82, 2.24) is 0 Å². The van der Waals surface area contributed by atoms with Gasteiger partial charge in [-0.1, -0.05) is 30.8 Å². The van der Waals surface area contributed by atoms with Gasteiger partial charge in [-0.15, -0.1) is 0 Å². The molecule has 0 radical (unpaired) electrons. The molecule has 1 heterocycles. The summed E-state index contributed by atoms with van der Waals surface area (Å²) in [5.41, 5.74) is 3.92. The third-order valence-electron chi connectivity index (χ3n) is 3.50. The molecule has 0 saturated carbocycles. The molecule has 0 saturated heterocycles. The van der Waals surface area contributed by atoms with Crippen LogP contribution in [0.15, 0.2) is 23.2 Å². The summed E-state index contributed by atoms with van der Waals surface area (Å²) in [6.45, 7) is 8.71. The van der Waals surface area contributed by atoms with Gasteiger partial charge in [-0.2, -0.15) is 0 Å². The zero-order chi connectivity index (χ0) is 12.5. The van der Waals surface area contributed by atoms with Crippen LogP contribution in [-0.4, -0.2) is 16.5 Å². The maximum atomic E-state index is 4.77. The second kappa shape index (κ2) is 4.73. The first-order valence-corrected chi connectivity index (χ1v) is 7.08. The summed E-state index contributed by atoms with van der Waals surface area (Å²) in [5, 5.41) is 4.51. The molecular formula is C14H20N2S. The van der Waals surface area contributed by atoms with Gasteiger partial charge in [0.25, 0.3) is 0 Å². The summed E-state index contributed by atoms with van der Waals surface area (Å²) in [4.78, 5) is 4.77. The molecule has 1 aliphatic heterocycles. The van der Waals surface area contributed by atoms with Crippen molar-refractivity contribution in [3.05, 3.63) is 29.3 Å². The molecule has 2 nitrogen and oxygen atoms in total. The molecule has 0 spiro atoms. The van der Waals surface area contributed by atoms with Crippen molar-refractivity contribution >= 4 is 22.6 Å². The minimum Gasteiger partial charge on any atom is -0.335 e. The van der Waals surface area contributed by atoms with Crippen LogP contribution in [0.4, 0.5) is 5.69 Å². The fraction of sp³-hybridized carbons (Fsp3) is 0.500. The van der Waals surface area contributed by atoms with Gasteiger partial charge in [0.05, 0.1) is 5.54 Å². The van der Waals surface area contributed by atoms with Crippen molar-refractivity contribution in [1.29, 1.82) is 0 Å². The smallest absolute Gasteiger partial charge is 0.161 e. The maximum Gasteiger partial charge on any atom is 0.161 e. The molecule has 1 N–H and O–H groups in total. The number of rotatable bonds is 2. The van der Waals surface area contributed by atoms with Crippen LogP contribution in [0.25, 0.3) is 0 Å². The number of aliphatic imine (C=N–C) groups is 1. The monoisotopic (exact) mass is 248 g/mol. The van der Waals surface area contributed by atoms with Crippen molar-refractivity contribution in [2.45, 2.75) is 39.7 Å². The Morgan fingerprint density at radius 3 is 2.82 bits per heavy atom. The van der Waals surface area contributed by atoms with Crippen molar-refractivity contribution in [2.75, 3.05) is 11.1 Å². The highest BCUT2D eigenvalue weighted by atomic mass is 32.2. The van der Waals surface area contributed by atoms with Gasteiger partial charge in [-0.25, -0.2) is 0 Å². The highest BCUT2D eigenvalue weighted by molar-refractivity contribution is 8.14. The molecule has 0 amide bonds. The second-order valence-electron chi connectivity index (χ2n) is 4.93. The molecule has 0 aromatic heterocycles. The lowest BCUT2D eigenvalue weighted by Gasteiger charge is -2.15. The zero-order valence-electron chi connectivity index (χ0n) is 11.0. The van der Waals surface area contributed by atoms with E-state index in [1.54, 1.807) is 0 Å². The Balaban J connectivity index is 2.18. The molecule has 0 fully saturated rings. The first-order chi connectivity index (χ1) is 8.04. The lowest BCUT2D eigenvalue weighted by Crippen LogP contribution is -2.20. The summed E-state index contributed by atoms with van der Waals surface area (Å²) in [5.74, 6) is 1.08. The van der Waals surface area contributed by atoms with Crippen LogP contribution in [0, 0.1) is 13.8 Å². The van der Waals surface area contributed by atoms with Gasteiger partial charge in [0, 0.05) is 11.4 Å². The van der Waals surface area contributed by atoms with Crippen LogP contribution >= 0.6 is 11.8 Å². The molecule has 3 heteroatoms. The normalized spacial score (nSPS) is 23.6. The van der Waals surface area contributed by atoms with Crippen molar-refractivity contribution in [3.8, 4) is 0 Å². The number of nitrogens with one attached hydrogen (secondary N) is 1. The van der Waals surface area contributed by atoms with Gasteiger partial charge < -0.3 is 5.32 Å². The Morgan fingerprint density at radius 2 is 2.18 bits per heavy atom. The average Bonchev–Trinajstić information content (AvgIpc) is 2.68. The molecule has 92 valence electrons. The van der Waals surface area contributed by atoms with Gasteiger partial charge in [0.15, 0.2) is 5.17 Å². The predicted molar refractivity (Wildman–Crippen MR) is 78.1 cm³/mol. The molecule has 0 aliphatic carbocycles. The van der Waals surface area contributed by atoms with Crippen LogP contribution in [0.2, 0.25) is 0 Å². The number of hydrogen-bond acceptors (Lipinski definition) is 3. The Bertz CT molecular complexity index is 454. The first-order valence-electron chi connectivity index (χ1n) is 6.10. The fourth-order valence-electron chi connectivity index (χ4n) is 1.78. The number of amidine groups is 1. The summed E-state index contributed by atoms with van der Waals surface area (Å²) in [6.07, 6.45) is 1.10. The highest BCUT2D eigenvalue weighted by Crippen LogP contribution is 2.31. The van der Waals surface area contributed by atoms with Crippen LogP contribution < -0.4 is 5.32 Å². The lowest BCUT2D eigenvalue weighted by atomic mass is 10.0. The first kappa shape index (κ1) is 12.5. The molecule has 1 aromatic rings. The maximum absolute atomic E-state index is 4.77. The van der Waals surface area contributed by atoms with Crippen LogP contribution in [0.5, 0.6) is 0 Å². The zero-order valence-corrected chi connectivity index (χ0v) is 11.8. The van der Waals surface area contributed by atoms with Gasteiger partial charge in [-0.3, -0.25) is 4.99 Å². The van der Waals surface area contributed by atoms with Gasteiger partial charge in [0.2, 0.25) is 0 Å². The third kappa shape index (κ3) is 2.65. The standard InChI is InChI=1S/C14H20N2S/c1-5-14(4)9-17-13(16-14)15-12-8-6-7-10(2)11(12)3/h6-8H,5,9H2,1-4H3,(H,15,16). The molecular weight excluding hydrogens is 228 g/mol. The molecule has 1 aliphatic rings. The summed E-state index contributed by atoms with van der Waals surface area (Å²) < 4.78 is 0. The highest BCUT2D eigenvalue weighted by Gasteiger charge is 2.28. The van der Waals surface area contributed by atoms with Crippen molar-refractivity contribution in [2.24, 2.45) is 4.99 Å². The van der Waals surface area contributed by atoms with E-state index in [9.17, 15) is 0 Å². The quantitative estimate of drug-likeness (QED) is 0.856. The Hall–Kier alpha value is -0.960. The van der Waals surface area contributed by atoms with Crippen molar-refractivity contribution < 1.29 is 0 Å². The van der Waals surface area contributed by atoms with Crippen molar-refractivity contribution in [3.63, 3.8) is 0 Å². The van der Waals surface area contributed by atoms with E-state index < -0.39 is 0 Å². The molecule has 1 atom stereocenters. The van der Waals surface area contributed by atoms with Gasteiger partial charge >= 0.3 is 0 Å². The Kier molecular flexibility index (Phi) is 3.48. The van der Waals surface area contributed by atoms with E-state index >= 15 is 0 Å². The summed E-state index contributed by atoms with van der Waals surface area (Å²) in [7, 11) is 0. The Morgan fingerprint density at radius 1 is 1.41 bits per heavy atom. The van der Waals surface area contributed by atoms with E-state index in [2.05, 4.69) is 51.2 Å². The average molecular weight is 248 g/mol. The third-order valence-corrected chi connectivity index (χ3v) is 4.73. The number of benzene rings is 1. The van der Waals surface area contributed by atoms with Crippen LogP contribution in [0.1, 0.15) is 31.4 Å². The topological polar surface area (TPSA) is 24.4 Å². The SMILES string of the molecule is CCC1(C)CSC(Nc2cccc(C)c2C)=N1. The van der Waals surface area contributed by atoms with Crippen LogP contribution in [0.3, 0.4) is 0 Å². The molecule has 0 bridgehead atoms. The number of anilines is 1.